The number of aromatic nitrogens is 2. The quantitative estimate of drug-likeness (QED) is 0.793. The Morgan fingerprint density at radius 2 is 1.87 bits per heavy atom. The predicted molar refractivity (Wildman–Crippen MR) is 86.5 cm³/mol. The molecule has 0 radical (unpaired) electrons. The van der Waals surface area contributed by atoms with E-state index in [4.69, 9.17) is 4.74 Å². The number of hydrogen-bond donors (Lipinski definition) is 0. The van der Waals surface area contributed by atoms with Crippen molar-refractivity contribution in [2.24, 2.45) is 0 Å². The van der Waals surface area contributed by atoms with E-state index in [-0.39, 0.29) is 18.2 Å². The van der Waals surface area contributed by atoms with Crippen molar-refractivity contribution in [1.82, 2.24) is 9.97 Å². The van der Waals surface area contributed by atoms with E-state index in [2.05, 4.69) is 9.97 Å². The van der Waals surface area contributed by atoms with Crippen LogP contribution in [-0.2, 0) is 4.74 Å². The Hall–Kier alpha value is -2.76. The maximum absolute atomic E-state index is 12.7. The highest BCUT2D eigenvalue weighted by molar-refractivity contribution is 6.08. The van der Waals surface area contributed by atoms with Gasteiger partial charge in [0, 0.05) is 12.7 Å². The smallest absolute Gasteiger partial charge is 0.340 e. The lowest BCUT2D eigenvalue weighted by atomic mass is 10.1. The highest BCUT2D eigenvalue weighted by Gasteiger charge is 2.23. The van der Waals surface area contributed by atoms with E-state index in [1.54, 1.807) is 44.3 Å². The van der Waals surface area contributed by atoms with Crippen molar-refractivity contribution in [3.63, 3.8) is 0 Å². The van der Waals surface area contributed by atoms with Gasteiger partial charge in [-0.3, -0.25) is 9.78 Å². The van der Waals surface area contributed by atoms with E-state index >= 15 is 0 Å². The van der Waals surface area contributed by atoms with Crippen LogP contribution >= 0.6 is 0 Å². The van der Waals surface area contributed by atoms with Crippen molar-refractivity contribution < 1.29 is 14.3 Å². The summed E-state index contributed by atoms with van der Waals surface area (Å²) in [4.78, 5) is 34.5. The molecule has 0 bridgehead atoms. The van der Waals surface area contributed by atoms with Gasteiger partial charge < -0.3 is 9.64 Å². The molecular formula is C17H19N3O3. The molecule has 0 spiro atoms. The molecule has 2 aromatic rings. The number of anilines is 1. The largest absolute Gasteiger partial charge is 0.462 e. The molecule has 6 nitrogen and oxygen atoms in total. The van der Waals surface area contributed by atoms with Gasteiger partial charge in [0.05, 0.1) is 29.7 Å². The van der Waals surface area contributed by atoms with Gasteiger partial charge in [0.15, 0.2) is 0 Å². The first kappa shape index (κ1) is 16.6. The lowest BCUT2D eigenvalue weighted by molar-refractivity contribution is 0.0527. The summed E-state index contributed by atoms with van der Waals surface area (Å²) in [5, 5.41) is 0. The summed E-state index contributed by atoms with van der Waals surface area (Å²) in [5.74, 6) is -0.763. The van der Waals surface area contributed by atoms with Crippen LogP contribution in [0.15, 0.2) is 36.7 Å². The third kappa shape index (κ3) is 3.71. The van der Waals surface area contributed by atoms with E-state index in [1.165, 1.54) is 11.1 Å². The van der Waals surface area contributed by atoms with Crippen molar-refractivity contribution >= 4 is 17.6 Å². The molecule has 1 amide bonds. The maximum Gasteiger partial charge on any atom is 0.340 e. The number of benzene rings is 1. The summed E-state index contributed by atoms with van der Waals surface area (Å²) in [5.41, 5.74) is 1.82. The average Bonchev–Trinajstić information content (AvgIpc) is 2.56. The summed E-state index contributed by atoms with van der Waals surface area (Å²) in [6.07, 6.45) is 2.98. The van der Waals surface area contributed by atoms with Crippen LogP contribution in [-0.4, -0.2) is 35.0 Å². The molecule has 0 aliphatic rings. The monoisotopic (exact) mass is 313 g/mol. The van der Waals surface area contributed by atoms with Crippen molar-refractivity contribution in [2.75, 3.05) is 18.1 Å². The highest BCUT2D eigenvalue weighted by atomic mass is 16.5. The molecule has 0 aliphatic heterocycles. The molecular weight excluding hydrogens is 294 g/mol. The Morgan fingerprint density at radius 3 is 2.48 bits per heavy atom. The third-order valence-corrected chi connectivity index (χ3v) is 3.25. The molecule has 0 aliphatic carbocycles. The van der Waals surface area contributed by atoms with Gasteiger partial charge in [-0.2, -0.15) is 0 Å². The van der Waals surface area contributed by atoms with E-state index in [0.29, 0.717) is 17.8 Å². The fraction of sp³-hybridized carbons (Fsp3) is 0.294. The van der Waals surface area contributed by atoms with Crippen LogP contribution in [0.1, 0.15) is 40.4 Å². The highest BCUT2D eigenvalue weighted by Crippen LogP contribution is 2.22. The summed E-state index contributed by atoms with van der Waals surface area (Å²) in [6.45, 7) is 6.04. The molecule has 6 heteroatoms. The molecule has 2 rings (SSSR count). The first-order chi connectivity index (χ1) is 11.1. The third-order valence-electron chi connectivity index (χ3n) is 3.25. The second-order valence-corrected chi connectivity index (χ2v) is 4.83. The molecule has 0 fully saturated rings. The number of ether oxygens (including phenoxy) is 1. The first-order valence-corrected chi connectivity index (χ1v) is 7.45. The molecule has 0 saturated carbocycles. The van der Waals surface area contributed by atoms with Crippen LogP contribution < -0.4 is 4.90 Å². The van der Waals surface area contributed by atoms with Gasteiger partial charge in [-0.1, -0.05) is 12.1 Å². The molecule has 0 N–H and O–H groups in total. The summed E-state index contributed by atoms with van der Waals surface area (Å²) in [7, 11) is 0. The van der Waals surface area contributed by atoms with Gasteiger partial charge in [-0.05, 0) is 32.9 Å². The van der Waals surface area contributed by atoms with Crippen LogP contribution in [0.2, 0.25) is 0 Å². The second kappa shape index (κ2) is 7.49. The lowest BCUT2D eigenvalue weighted by Gasteiger charge is -2.22. The van der Waals surface area contributed by atoms with E-state index in [9.17, 15) is 9.59 Å². The Kier molecular flexibility index (Phi) is 5.41. The minimum absolute atomic E-state index is 0.233. The number of hydrogen-bond acceptors (Lipinski definition) is 5. The molecule has 0 saturated heterocycles. The topological polar surface area (TPSA) is 72.4 Å². The Morgan fingerprint density at radius 1 is 1.13 bits per heavy atom. The molecule has 1 aromatic carbocycles. The zero-order valence-corrected chi connectivity index (χ0v) is 13.4. The number of nitrogens with zero attached hydrogens (tertiary/aromatic N) is 3. The van der Waals surface area contributed by atoms with Crippen molar-refractivity contribution in [2.45, 2.75) is 20.8 Å². The van der Waals surface area contributed by atoms with Crippen molar-refractivity contribution in [3.05, 3.63) is 53.6 Å². The van der Waals surface area contributed by atoms with Crippen molar-refractivity contribution in [1.29, 1.82) is 0 Å². The van der Waals surface area contributed by atoms with Crippen molar-refractivity contribution in [3.8, 4) is 0 Å². The van der Waals surface area contributed by atoms with Gasteiger partial charge in [0.25, 0.3) is 5.91 Å². The molecule has 120 valence electrons. The molecule has 1 heterocycles. The first-order valence-electron chi connectivity index (χ1n) is 7.45. The summed E-state index contributed by atoms with van der Waals surface area (Å²) in [6, 6.07) is 6.87. The Balaban J connectivity index is 2.39. The minimum Gasteiger partial charge on any atom is -0.462 e. The molecule has 0 atom stereocenters. The van der Waals surface area contributed by atoms with Crippen LogP contribution in [0.3, 0.4) is 0 Å². The SMILES string of the molecule is CCOC(=O)c1ccccc1N(CC)C(=O)c1cnc(C)cn1. The van der Waals surface area contributed by atoms with Crippen LogP contribution in [0, 0.1) is 6.92 Å². The van der Waals surface area contributed by atoms with E-state index in [0.717, 1.165) is 5.69 Å². The number of aryl methyl sites for hydroxylation is 1. The van der Waals surface area contributed by atoms with Crippen LogP contribution in [0.25, 0.3) is 0 Å². The normalized spacial score (nSPS) is 10.2. The number of para-hydroxylation sites is 1. The van der Waals surface area contributed by atoms with Gasteiger partial charge in [-0.15, -0.1) is 0 Å². The number of carbonyl (C=O) groups excluding carboxylic acids is 2. The standard InChI is InChI=1S/C17H19N3O3/c1-4-20(16(21)14-11-18-12(3)10-19-14)15-9-7-6-8-13(15)17(22)23-5-2/h6-11H,4-5H2,1-3H3. The molecule has 23 heavy (non-hydrogen) atoms. The average molecular weight is 313 g/mol. The molecule has 0 unspecified atom stereocenters. The number of amides is 1. The molecule has 1 aromatic heterocycles. The summed E-state index contributed by atoms with van der Waals surface area (Å²) >= 11 is 0. The Bertz CT molecular complexity index is 698. The van der Waals surface area contributed by atoms with Gasteiger partial charge in [0.1, 0.15) is 5.69 Å². The van der Waals surface area contributed by atoms with E-state index < -0.39 is 5.97 Å². The van der Waals surface area contributed by atoms with Crippen LogP contribution in [0.4, 0.5) is 5.69 Å². The minimum atomic E-state index is -0.454. The zero-order chi connectivity index (χ0) is 16.8. The van der Waals surface area contributed by atoms with Gasteiger partial charge in [0.2, 0.25) is 0 Å². The number of rotatable bonds is 5. The predicted octanol–water partition coefficient (Wildman–Crippen LogP) is 2.63. The number of esters is 1. The van der Waals surface area contributed by atoms with Gasteiger partial charge >= 0.3 is 5.97 Å². The summed E-state index contributed by atoms with van der Waals surface area (Å²) < 4.78 is 5.06. The fourth-order valence-corrected chi connectivity index (χ4v) is 2.16. The van der Waals surface area contributed by atoms with Gasteiger partial charge in [-0.25, -0.2) is 9.78 Å². The lowest BCUT2D eigenvalue weighted by Crippen LogP contribution is -2.33. The zero-order valence-electron chi connectivity index (χ0n) is 13.4. The second-order valence-electron chi connectivity index (χ2n) is 4.83. The van der Waals surface area contributed by atoms with E-state index in [1.807, 2.05) is 6.92 Å². The maximum atomic E-state index is 12.7. The Labute approximate surface area is 135 Å². The fourth-order valence-electron chi connectivity index (χ4n) is 2.16. The number of carbonyl (C=O) groups is 2. The van der Waals surface area contributed by atoms with Crippen LogP contribution in [0.5, 0.6) is 0 Å².